The minimum atomic E-state index is -0.0574. The number of aromatic nitrogens is 1. The number of amides is 1. The molecule has 2 N–H and O–H groups in total. The second-order valence-corrected chi connectivity index (χ2v) is 7.97. The second kappa shape index (κ2) is 10.9. The molecule has 0 spiro atoms. The first-order chi connectivity index (χ1) is 13.7. The monoisotopic (exact) mass is 390 g/mol. The summed E-state index contributed by atoms with van der Waals surface area (Å²) in [4.78, 5) is 23.5. The van der Waals surface area contributed by atoms with Crippen LogP contribution in [0.4, 0.5) is 0 Å². The SMILES string of the molecule is O=C([C@H]1CCCN(C2CCN(Cc3ccncc3)CC2)C1)N(CCO)CCO. The van der Waals surface area contributed by atoms with Crippen LogP contribution < -0.4 is 0 Å². The molecule has 3 heterocycles. The highest BCUT2D eigenvalue weighted by Gasteiger charge is 2.33. The zero-order valence-electron chi connectivity index (χ0n) is 16.7. The van der Waals surface area contributed by atoms with Crippen LogP contribution in [0, 0.1) is 5.92 Å². The maximum Gasteiger partial charge on any atom is 0.227 e. The van der Waals surface area contributed by atoms with Gasteiger partial charge in [0, 0.05) is 44.6 Å². The number of pyridine rings is 1. The number of likely N-dealkylation sites (tertiary alicyclic amines) is 2. The predicted octanol–water partition coefficient (Wildman–Crippen LogP) is 0.571. The third-order valence-corrected chi connectivity index (χ3v) is 6.08. The molecule has 0 saturated carbocycles. The van der Waals surface area contributed by atoms with E-state index in [2.05, 4.69) is 26.9 Å². The first kappa shape index (κ1) is 21.2. The molecule has 0 aromatic carbocycles. The van der Waals surface area contributed by atoms with Crippen molar-refractivity contribution in [2.45, 2.75) is 38.3 Å². The van der Waals surface area contributed by atoms with Crippen molar-refractivity contribution in [1.82, 2.24) is 19.7 Å². The maximum atomic E-state index is 12.8. The number of hydrogen-bond acceptors (Lipinski definition) is 6. The van der Waals surface area contributed by atoms with E-state index in [1.165, 1.54) is 5.56 Å². The molecule has 1 aromatic rings. The van der Waals surface area contributed by atoms with Crippen molar-refractivity contribution in [3.8, 4) is 0 Å². The molecule has 1 atom stereocenters. The Morgan fingerprint density at radius 2 is 1.75 bits per heavy atom. The molecule has 2 saturated heterocycles. The summed E-state index contributed by atoms with van der Waals surface area (Å²) >= 11 is 0. The van der Waals surface area contributed by atoms with Crippen LogP contribution in [0.1, 0.15) is 31.2 Å². The van der Waals surface area contributed by atoms with Crippen molar-refractivity contribution in [1.29, 1.82) is 0 Å². The van der Waals surface area contributed by atoms with Gasteiger partial charge in [-0.25, -0.2) is 0 Å². The number of piperidine rings is 2. The lowest BCUT2D eigenvalue weighted by Gasteiger charge is -2.42. The summed E-state index contributed by atoms with van der Waals surface area (Å²) in [6.07, 6.45) is 7.93. The Morgan fingerprint density at radius 3 is 2.39 bits per heavy atom. The summed E-state index contributed by atoms with van der Waals surface area (Å²) in [6, 6.07) is 4.71. The molecule has 3 rings (SSSR count). The summed E-state index contributed by atoms with van der Waals surface area (Å²) < 4.78 is 0. The fraction of sp³-hybridized carbons (Fsp3) is 0.714. The molecule has 2 aliphatic heterocycles. The standard InChI is InChI=1S/C21H34N4O3/c26-14-12-24(13-15-27)21(28)19-2-1-9-25(17-19)20-5-10-23(11-6-20)16-18-3-7-22-8-4-18/h3-4,7-8,19-20,26-27H,1-2,5-6,9-17H2/t19-/m0/s1. The van der Waals surface area contributed by atoms with Crippen LogP contribution in [0.15, 0.2) is 24.5 Å². The van der Waals surface area contributed by atoms with Crippen LogP contribution in [0.2, 0.25) is 0 Å². The average Bonchev–Trinajstić information content (AvgIpc) is 2.74. The lowest BCUT2D eigenvalue weighted by atomic mass is 9.92. The molecule has 2 fully saturated rings. The van der Waals surface area contributed by atoms with E-state index < -0.39 is 0 Å². The van der Waals surface area contributed by atoms with E-state index in [1.807, 2.05) is 12.4 Å². The Labute approximate surface area is 168 Å². The lowest BCUT2D eigenvalue weighted by molar-refractivity contribution is -0.139. The van der Waals surface area contributed by atoms with E-state index in [9.17, 15) is 15.0 Å². The van der Waals surface area contributed by atoms with Crippen LogP contribution in [0.5, 0.6) is 0 Å². The fourth-order valence-corrected chi connectivity index (χ4v) is 4.56. The van der Waals surface area contributed by atoms with E-state index in [0.29, 0.717) is 19.1 Å². The summed E-state index contributed by atoms with van der Waals surface area (Å²) in [7, 11) is 0. The van der Waals surface area contributed by atoms with E-state index in [1.54, 1.807) is 4.90 Å². The van der Waals surface area contributed by atoms with E-state index in [4.69, 9.17) is 0 Å². The molecule has 0 bridgehead atoms. The number of rotatable bonds is 8. The van der Waals surface area contributed by atoms with E-state index in [-0.39, 0.29) is 25.0 Å². The first-order valence-electron chi connectivity index (χ1n) is 10.6. The van der Waals surface area contributed by atoms with Crippen LogP contribution in [-0.2, 0) is 11.3 Å². The van der Waals surface area contributed by atoms with Gasteiger partial charge in [-0.3, -0.25) is 19.6 Å². The second-order valence-electron chi connectivity index (χ2n) is 7.97. The van der Waals surface area contributed by atoms with E-state index in [0.717, 1.165) is 58.4 Å². The maximum absolute atomic E-state index is 12.8. The number of nitrogens with zero attached hydrogens (tertiary/aromatic N) is 4. The molecule has 156 valence electrons. The highest BCUT2D eigenvalue weighted by atomic mass is 16.3. The minimum Gasteiger partial charge on any atom is -0.395 e. The quantitative estimate of drug-likeness (QED) is 0.676. The summed E-state index contributed by atoms with van der Waals surface area (Å²) in [6.45, 7) is 5.53. The Balaban J connectivity index is 1.49. The molecule has 1 aromatic heterocycles. The molecule has 7 nitrogen and oxygen atoms in total. The van der Waals surface area contributed by atoms with Crippen molar-refractivity contribution in [3.63, 3.8) is 0 Å². The van der Waals surface area contributed by atoms with Crippen molar-refractivity contribution < 1.29 is 15.0 Å². The molecule has 0 aliphatic carbocycles. The normalized spacial score (nSPS) is 22.3. The molecular formula is C21H34N4O3. The Hall–Kier alpha value is -1.54. The van der Waals surface area contributed by atoms with Crippen LogP contribution in [0.25, 0.3) is 0 Å². The van der Waals surface area contributed by atoms with Gasteiger partial charge in [-0.15, -0.1) is 0 Å². The van der Waals surface area contributed by atoms with Crippen molar-refractivity contribution in [2.75, 3.05) is 52.5 Å². The van der Waals surface area contributed by atoms with Gasteiger partial charge in [0.25, 0.3) is 0 Å². The molecule has 1 amide bonds. The van der Waals surface area contributed by atoms with Gasteiger partial charge in [0.15, 0.2) is 0 Å². The smallest absolute Gasteiger partial charge is 0.227 e. The lowest BCUT2D eigenvalue weighted by Crippen LogP contribution is -2.51. The van der Waals surface area contributed by atoms with Crippen LogP contribution in [0.3, 0.4) is 0 Å². The first-order valence-corrected chi connectivity index (χ1v) is 10.6. The van der Waals surface area contributed by atoms with Gasteiger partial charge in [0.2, 0.25) is 5.91 Å². The molecule has 0 unspecified atom stereocenters. The topological polar surface area (TPSA) is 80.1 Å². The largest absolute Gasteiger partial charge is 0.395 e. The van der Waals surface area contributed by atoms with Gasteiger partial charge >= 0.3 is 0 Å². The van der Waals surface area contributed by atoms with Crippen molar-refractivity contribution in [2.24, 2.45) is 5.92 Å². The number of carbonyl (C=O) groups is 1. The number of carbonyl (C=O) groups excluding carboxylic acids is 1. The number of aliphatic hydroxyl groups is 2. The fourth-order valence-electron chi connectivity index (χ4n) is 4.56. The van der Waals surface area contributed by atoms with Crippen molar-refractivity contribution in [3.05, 3.63) is 30.1 Å². The third kappa shape index (κ3) is 5.73. The van der Waals surface area contributed by atoms with Crippen LogP contribution >= 0.6 is 0 Å². The average molecular weight is 391 g/mol. The van der Waals surface area contributed by atoms with Crippen LogP contribution in [-0.4, -0.2) is 94.3 Å². The molecular weight excluding hydrogens is 356 g/mol. The Bertz CT molecular complexity index is 587. The van der Waals surface area contributed by atoms with Gasteiger partial charge in [-0.1, -0.05) is 0 Å². The highest BCUT2D eigenvalue weighted by molar-refractivity contribution is 5.79. The molecule has 7 heteroatoms. The predicted molar refractivity (Wildman–Crippen MR) is 108 cm³/mol. The van der Waals surface area contributed by atoms with Gasteiger partial charge in [0.1, 0.15) is 0 Å². The molecule has 28 heavy (non-hydrogen) atoms. The zero-order chi connectivity index (χ0) is 19.8. The van der Waals surface area contributed by atoms with Crippen molar-refractivity contribution >= 4 is 5.91 Å². The Kier molecular flexibility index (Phi) is 8.21. The summed E-state index contributed by atoms with van der Waals surface area (Å²) in [5, 5.41) is 18.4. The Morgan fingerprint density at radius 1 is 1.07 bits per heavy atom. The van der Waals surface area contributed by atoms with E-state index >= 15 is 0 Å². The molecule has 2 aliphatic rings. The summed E-state index contributed by atoms with van der Waals surface area (Å²) in [5.41, 5.74) is 1.31. The number of aliphatic hydroxyl groups excluding tert-OH is 2. The van der Waals surface area contributed by atoms with Gasteiger partial charge < -0.3 is 15.1 Å². The minimum absolute atomic E-state index is 0.0123. The number of hydrogen-bond donors (Lipinski definition) is 2. The zero-order valence-corrected chi connectivity index (χ0v) is 16.7. The van der Waals surface area contributed by atoms with Gasteiger partial charge in [-0.05, 0) is 63.0 Å². The molecule has 0 radical (unpaired) electrons. The third-order valence-electron chi connectivity index (χ3n) is 6.08. The van der Waals surface area contributed by atoms with Gasteiger partial charge in [-0.2, -0.15) is 0 Å². The van der Waals surface area contributed by atoms with Gasteiger partial charge in [0.05, 0.1) is 19.1 Å². The summed E-state index contributed by atoms with van der Waals surface area (Å²) in [5.74, 6) is 0.0737. The highest BCUT2D eigenvalue weighted by Crippen LogP contribution is 2.25.